The number of amides is 1. The van der Waals surface area contributed by atoms with E-state index in [-0.39, 0.29) is 12.1 Å². The summed E-state index contributed by atoms with van der Waals surface area (Å²) in [5, 5.41) is 10.2. The molecule has 1 aliphatic heterocycles. The second-order valence-corrected chi connectivity index (χ2v) is 8.75. The summed E-state index contributed by atoms with van der Waals surface area (Å²) in [6.45, 7) is 6.51. The maximum Gasteiger partial charge on any atom is 0.410 e. The molecule has 5 heteroatoms. The third kappa shape index (κ3) is 4.32. The van der Waals surface area contributed by atoms with Gasteiger partial charge >= 0.3 is 6.09 Å². The molecule has 0 bridgehead atoms. The zero-order chi connectivity index (χ0) is 18.0. The average molecular weight is 356 g/mol. The number of hydrogen-bond acceptors (Lipinski definition) is 4. The molecule has 0 radical (unpaired) electrons. The van der Waals surface area contributed by atoms with Crippen LogP contribution in [0.4, 0.5) is 4.79 Å². The molecule has 1 aromatic heterocycles. The van der Waals surface area contributed by atoms with Gasteiger partial charge in [-0.25, -0.2) is 4.79 Å². The van der Waals surface area contributed by atoms with Crippen LogP contribution in [0.25, 0.3) is 10.1 Å². The molecule has 1 fully saturated rings. The van der Waals surface area contributed by atoms with Gasteiger partial charge in [0.25, 0.3) is 0 Å². The van der Waals surface area contributed by atoms with Crippen LogP contribution in [0.15, 0.2) is 24.3 Å². The number of carbonyl (C=O) groups excluding carboxylic acids is 1. The highest BCUT2D eigenvalue weighted by Crippen LogP contribution is 2.30. The maximum absolute atomic E-state index is 12.4. The quantitative estimate of drug-likeness (QED) is 0.768. The Kier molecular flexibility index (Phi) is 5.01. The van der Waals surface area contributed by atoms with Crippen molar-refractivity contribution in [1.29, 1.82) is 5.26 Å². The van der Waals surface area contributed by atoms with Gasteiger partial charge in [0.15, 0.2) is 0 Å². The number of carbonyl (C=O) groups is 1. The van der Waals surface area contributed by atoms with Crippen LogP contribution >= 0.6 is 11.3 Å². The van der Waals surface area contributed by atoms with Crippen LogP contribution < -0.4 is 0 Å². The van der Waals surface area contributed by atoms with Crippen molar-refractivity contribution in [3.05, 3.63) is 34.7 Å². The number of nitrogens with zero attached hydrogens (tertiary/aromatic N) is 2. The fourth-order valence-corrected chi connectivity index (χ4v) is 4.36. The molecule has 0 aliphatic carbocycles. The van der Waals surface area contributed by atoms with E-state index in [4.69, 9.17) is 10.00 Å². The SMILES string of the molecule is CC(C)(C)OC(=O)N1CCC[C@H]1CCc1cc2cc(C#N)ccc2s1. The third-order valence-electron chi connectivity index (χ3n) is 4.43. The third-order valence-corrected chi connectivity index (χ3v) is 5.60. The monoisotopic (exact) mass is 356 g/mol. The first kappa shape index (κ1) is 17.8. The topological polar surface area (TPSA) is 53.3 Å². The number of thiophene rings is 1. The van der Waals surface area contributed by atoms with Gasteiger partial charge in [0.1, 0.15) is 5.60 Å². The van der Waals surface area contributed by atoms with E-state index in [1.54, 1.807) is 11.3 Å². The zero-order valence-corrected chi connectivity index (χ0v) is 15.9. The maximum atomic E-state index is 12.4. The van der Waals surface area contributed by atoms with Gasteiger partial charge < -0.3 is 9.64 Å². The molecule has 25 heavy (non-hydrogen) atoms. The molecular formula is C20H24N2O2S. The average Bonchev–Trinajstić information content (AvgIpc) is 3.16. The van der Waals surface area contributed by atoms with Crippen molar-refractivity contribution in [1.82, 2.24) is 4.90 Å². The summed E-state index contributed by atoms with van der Waals surface area (Å²) >= 11 is 1.78. The number of nitriles is 1. The van der Waals surface area contributed by atoms with Crippen molar-refractivity contribution in [2.75, 3.05) is 6.54 Å². The van der Waals surface area contributed by atoms with E-state index in [9.17, 15) is 4.79 Å². The minimum Gasteiger partial charge on any atom is -0.444 e. The Labute approximate surface area is 153 Å². The molecule has 1 amide bonds. The minimum atomic E-state index is -0.450. The van der Waals surface area contributed by atoms with Gasteiger partial charge in [-0.1, -0.05) is 0 Å². The number of rotatable bonds is 3. The Hall–Kier alpha value is -2.06. The lowest BCUT2D eigenvalue weighted by atomic mass is 10.1. The second kappa shape index (κ2) is 7.05. The van der Waals surface area contributed by atoms with Gasteiger partial charge in [-0.05, 0) is 76.1 Å². The summed E-state index contributed by atoms with van der Waals surface area (Å²) in [5.41, 5.74) is 0.248. The first-order chi connectivity index (χ1) is 11.9. The number of likely N-dealkylation sites (tertiary alicyclic amines) is 1. The molecule has 1 saturated heterocycles. The Morgan fingerprint density at radius 2 is 2.20 bits per heavy atom. The Bertz CT molecular complexity index is 813. The van der Waals surface area contributed by atoms with E-state index in [1.807, 2.05) is 43.9 Å². The molecular weight excluding hydrogens is 332 g/mol. The van der Waals surface area contributed by atoms with Crippen LogP contribution in [-0.2, 0) is 11.2 Å². The number of fused-ring (bicyclic) bond motifs is 1. The summed E-state index contributed by atoms with van der Waals surface area (Å²) in [4.78, 5) is 15.6. The predicted molar refractivity (Wildman–Crippen MR) is 101 cm³/mol. The van der Waals surface area contributed by atoms with Gasteiger partial charge in [-0.15, -0.1) is 11.3 Å². The Morgan fingerprint density at radius 1 is 1.40 bits per heavy atom. The van der Waals surface area contributed by atoms with Crippen LogP contribution in [0.5, 0.6) is 0 Å². The first-order valence-electron chi connectivity index (χ1n) is 8.78. The normalized spacial score (nSPS) is 17.7. The molecule has 2 aromatic rings. The molecule has 3 rings (SSSR count). The van der Waals surface area contributed by atoms with Crippen molar-refractivity contribution >= 4 is 27.5 Å². The van der Waals surface area contributed by atoms with Crippen LogP contribution in [0, 0.1) is 11.3 Å². The number of aryl methyl sites for hydroxylation is 1. The smallest absolute Gasteiger partial charge is 0.410 e. The molecule has 0 spiro atoms. The standard InChI is InChI=1S/C20H24N2O2S/c1-20(2,3)24-19(23)22-10-4-5-16(22)7-8-17-12-15-11-14(13-21)6-9-18(15)25-17/h6,9,11-12,16H,4-5,7-8,10H2,1-3H3/t16-/m0/s1. The number of ether oxygens (including phenoxy) is 1. The van der Waals surface area contributed by atoms with Crippen molar-refractivity contribution in [3.8, 4) is 6.07 Å². The van der Waals surface area contributed by atoms with Crippen molar-refractivity contribution in [2.24, 2.45) is 0 Å². The van der Waals surface area contributed by atoms with Gasteiger partial charge in [0.05, 0.1) is 11.6 Å². The molecule has 1 atom stereocenters. The summed E-state index contributed by atoms with van der Waals surface area (Å²) in [5.74, 6) is 0. The van der Waals surface area contributed by atoms with Gasteiger partial charge in [0.2, 0.25) is 0 Å². The fraction of sp³-hybridized carbons (Fsp3) is 0.500. The summed E-state index contributed by atoms with van der Waals surface area (Å²) < 4.78 is 6.75. The van der Waals surface area contributed by atoms with Crippen molar-refractivity contribution in [2.45, 2.75) is 58.1 Å². The van der Waals surface area contributed by atoms with Crippen molar-refractivity contribution < 1.29 is 9.53 Å². The largest absolute Gasteiger partial charge is 0.444 e. The van der Waals surface area contributed by atoms with E-state index in [1.165, 1.54) is 9.58 Å². The Balaban J connectivity index is 1.64. The number of hydrogen-bond donors (Lipinski definition) is 0. The van der Waals surface area contributed by atoms with Crippen molar-refractivity contribution in [3.63, 3.8) is 0 Å². The summed E-state index contributed by atoms with van der Waals surface area (Å²) in [6.07, 6.45) is 3.80. The lowest BCUT2D eigenvalue weighted by molar-refractivity contribution is 0.0221. The molecule has 0 saturated carbocycles. The van der Waals surface area contributed by atoms with Gasteiger partial charge in [-0.2, -0.15) is 5.26 Å². The van der Waals surface area contributed by atoms with Crippen LogP contribution in [0.2, 0.25) is 0 Å². The molecule has 0 unspecified atom stereocenters. The molecule has 4 nitrogen and oxygen atoms in total. The molecule has 132 valence electrons. The lowest BCUT2D eigenvalue weighted by Crippen LogP contribution is -2.39. The highest BCUT2D eigenvalue weighted by atomic mass is 32.1. The van der Waals surface area contributed by atoms with E-state index in [2.05, 4.69) is 12.1 Å². The highest BCUT2D eigenvalue weighted by molar-refractivity contribution is 7.19. The highest BCUT2D eigenvalue weighted by Gasteiger charge is 2.31. The van der Waals surface area contributed by atoms with E-state index >= 15 is 0 Å². The van der Waals surface area contributed by atoms with Crippen LogP contribution in [-0.4, -0.2) is 29.2 Å². The Morgan fingerprint density at radius 3 is 2.92 bits per heavy atom. The predicted octanol–water partition coefficient (Wildman–Crippen LogP) is 5.11. The molecule has 0 N–H and O–H groups in total. The van der Waals surface area contributed by atoms with Crippen LogP contribution in [0.3, 0.4) is 0 Å². The molecule has 2 heterocycles. The summed E-state index contributed by atoms with van der Waals surface area (Å²) in [7, 11) is 0. The molecule has 1 aliphatic rings. The minimum absolute atomic E-state index is 0.190. The molecule has 1 aromatic carbocycles. The number of benzene rings is 1. The first-order valence-corrected chi connectivity index (χ1v) is 9.59. The second-order valence-electron chi connectivity index (χ2n) is 7.59. The zero-order valence-electron chi connectivity index (χ0n) is 15.0. The van der Waals surface area contributed by atoms with E-state index < -0.39 is 5.60 Å². The van der Waals surface area contributed by atoms with E-state index in [0.717, 1.165) is 37.6 Å². The van der Waals surface area contributed by atoms with Gasteiger partial charge in [-0.3, -0.25) is 0 Å². The van der Waals surface area contributed by atoms with Crippen LogP contribution in [0.1, 0.15) is 50.5 Å². The van der Waals surface area contributed by atoms with Gasteiger partial charge in [0, 0.05) is 22.2 Å². The van der Waals surface area contributed by atoms with E-state index in [0.29, 0.717) is 5.56 Å². The summed E-state index contributed by atoms with van der Waals surface area (Å²) in [6, 6.07) is 10.4. The lowest BCUT2D eigenvalue weighted by Gasteiger charge is -2.28. The fourth-order valence-electron chi connectivity index (χ4n) is 3.30.